The van der Waals surface area contributed by atoms with Crippen molar-refractivity contribution in [1.82, 2.24) is 15.5 Å². The van der Waals surface area contributed by atoms with Crippen molar-refractivity contribution in [2.24, 2.45) is 0 Å². The van der Waals surface area contributed by atoms with Crippen molar-refractivity contribution < 1.29 is 27.1 Å². The van der Waals surface area contributed by atoms with Gasteiger partial charge in [-0.1, -0.05) is 0 Å². The van der Waals surface area contributed by atoms with Gasteiger partial charge in [0.05, 0.1) is 30.6 Å². The number of hydrogen-bond donors (Lipinski definition) is 2. The molecule has 2 atom stereocenters. The lowest BCUT2D eigenvalue weighted by Gasteiger charge is -2.36. The SMILES string of the molecule is O=C1N[C@@H]([C@H]2CC(F)(F)CO2)CN2CC(F)(F)Cc3c(-c4cn[nH]c4)sc1c32. The van der Waals surface area contributed by atoms with Gasteiger partial charge in [0.1, 0.15) is 11.5 Å². The Morgan fingerprint density at radius 3 is 2.75 bits per heavy atom. The smallest absolute Gasteiger partial charge is 0.273 e. The third kappa shape index (κ3) is 2.87. The van der Waals surface area contributed by atoms with Gasteiger partial charge in [0.2, 0.25) is 0 Å². The second kappa shape index (κ2) is 5.93. The average molecular weight is 416 g/mol. The summed E-state index contributed by atoms with van der Waals surface area (Å²) in [6, 6.07) is -0.792. The number of halogens is 4. The Morgan fingerprint density at radius 1 is 1.25 bits per heavy atom. The number of carbonyl (C=O) groups excluding carboxylic acids is 1. The van der Waals surface area contributed by atoms with Crippen LogP contribution in [0.15, 0.2) is 12.4 Å². The van der Waals surface area contributed by atoms with Crippen LogP contribution in [-0.4, -0.2) is 59.8 Å². The van der Waals surface area contributed by atoms with Gasteiger partial charge in [-0.3, -0.25) is 9.89 Å². The number of nitrogens with zero attached hydrogens (tertiary/aromatic N) is 2. The molecule has 150 valence electrons. The Bertz CT molecular complexity index is 930. The zero-order chi connectivity index (χ0) is 19.7. The molecule has 0 bridgehead atoms. The summed E-state index contributed by atoms with van der Waals surface area (Å²) in [5.74, 6) is -6.42. The van der Waals surface area contributed by atoms with E-state index in [0.717, 1.165) is 11.3 Å². The summed E-state index contributed by atoms with van der Waals surface area (Å²) < 4.78 is 61.3. The van der Waals surface area contributed by atoms with Crippen LogP contribution in [0.1, 0.15) is 21.7 Å². The number of H-pyrrole nitrogens is 1. The molecule has 28 heavy (non-hydrogen) atoms. The van der Waals surface area contributed by atoms with Crippen LogP contribution in [0.2, 0.25) is 0 Å². The molecular formula is C17H16F4N4O2S. The molecule has 0 saturated carbocycles. The van der Waals surface area contributed by atoms with E-state index in [4.69, 9.17) is 4.74 Å². The summed E-state index contributed by atoms with van der Waals surface area (Å²) in [7, 11) is 0. The third-order valence-electron chi connectivity index (χ3n) is 5.31. The number of aromatic amines is 1. The van der Waals surface area contributed by atoms with Crippen LogP contribution < -0.4 is 10.2 Å². The molecule has 11 heteroatoms. The number of rotatable bonds is 2. The lowest BCUT2D eigenvalue weighted by molar-refractivity contribution is -0.0114. The van der Waals surface area contributed by atoms with Crippen LogP contribution in [0.3, 0.4) is 0 Å². The fourth-order valence-corrected chi connectivity index (χ4v) is 5.40. The van der Waals surface area contributed by atoms with Crippen molar-refractivity contribution in [2.45, 2.75) is 36.8 Å². The summed E-state index contributed by atoms with van der Waals surface area (Å²) in [6.07, 6.45) is 1.18. The van der Waals surface area contributed by atoms with Crippen molar-refractivity contribution in [3.8, 4) is 10.4 Å². The summed E-state index contributed by atoms with van der Waals surface area (Å²) in [5, 5.41) is 9.24. The Hall–Kier alpha value is -2.14. The highest BCUT2D eigenvalue weighted by Gasteiger charge is 2.49. The molecule has 1 fully saturated rings. The van der Waals surface area contributed by atoms with Crippen LogP contribution in [0.5, 0.6) is 0 Å². The maximum atomic E-state index is 14.5. The zero-order valence-electron chi connectivity index (χ0n) is 14.5. The van der Waals surface area contributed by atoms with Gasteiger partial charge in [0.15, 0.2) is 0 Å². The number of anilines is 1. The number of hydrogen-bond acceptors (Lipinski definition) is 5. The third-order valence-corrected chi connectivity index (χ3v) is 6.58. The summed E-state index contributed by atoms with van der Waals surface area (Å²) in [5.41, 5.74) is 1.50. The quantitative estimate of drug-likeness (QED) is 0.739. The number of carbonyl (C=O) groups is 1. The van der Waals surface area contributed by atoms with Crippen molar-refractivity contribution in [1.29, 1.82) is 0 Å². The molecule has 0 unspecified atom stereocenters. The van der Waals surface area contributed by atoms with Gasteiger partial charge >= 0.3 is 0 Å². The van der Waals surface area contributed by atoms with E-state index in [1.54, 1.807) is 6.20 Å². The number of amides is 1. The lowest BCUT2D eigenvalue weighted by atomic mass is 9.97. The minimum absolute atomic E-state index is 0.0103. The highest BCUT2D eigenvalue weighted by atomic mass is 32.1. The Balaban J connectivity index is 1.56. The monoisotopic (exact) mass is 416 g/mol. The van der Waals surface area contributed by atoms with Gasteiger partial charge in [-0.25, -0.2) is 17.6 Å². The van der Waals surface area contributed by atoms with Crippen LogP contribution in [0.25, 0.3) is 10.4 Å². The average Bonchev–Trinajstić information content (AvgIpc) is 3.29. The van der Waals surface area contributed by atoms with Crippen LogP contribution in [0.4, 0.5) is 23.2 Å². The van der Waals surface area contributed by atoms with Gasteiger partial charge in [-0.2, -0.15) is 5.10 Å². The molecule has 2 N–H and O–H groups in total. The van der Waals surface area contributed by atoms with Gasteiger partial charge in [-0.15, -0.1) is 11.3 Å². The van der Waals surface area contributed by atoms with E-state index in [0.29, 0.717) is 26.6 Å². The predicted molar refractivity (Wildman–Crippen MR) is 93.3 cm³/mol. The number of thiophene rings is 1. The van der Waals surface area contributed by atoms with Gasteiger partial charge in [-0.05, 0) is 0 Å². The first-order chi connectivity index (χ1) is 13.2. The van der Waals surface area contributed by atoms with E-state index in [2.05, 4.69) is 15.5 Å². The minimum atomic E-state index is -3.00. The van der Waals surface area contributed by atoms with E-state index in [1.165, 1.54) is 11.1 Å². The summed E-state index contributed by atoms with van der Waals surface area (Å²) in [4.78, 5) is 15.2. The standard InChI is InChI=1S/C17H16F4N4O2S/c18-16(19)1-9-12-14(28-13(9)8-3-22-23-4-8)15(26)24-10(5-25(12)6-16)11-2-17(20,21)7-27-11/h3-4,10-11H,1-2,5-7H2,(H,22,23)(H,24,26)/t10-,11-/m1/s1. The van der Waals surface area contributed by atoms with Crippen molar-refractivity contribution in [3.63, 3.8) is 0 Å². The maximum Gasteiger partial charge on any atom is 0.273 e. The highest BCUT2D eigenvalue weighted by molar-refractivity contribution is 7.18. The van der Waals surface area contributed by atoms with Crippen LogP contribution in [-0.2, 0) is 11.2 Å². The first kappa shape index (κ1) is 17.9. The van der Waals surface area contributed by atoms with E-state index in [-0.39, 0.29) is 6.54 Å². The normalized spacial score (nSPS) is 28.0. The van der Waals surface area contributed by atoms with Gasteiger partial charge in [0, 0.05) is 41.6 Å². The van der Waals surface area contributed by atoms with E-state index in [9.17, 15) is 22.4 Å². The first-order valence-corrected chi connectivity index (χ1v) is 9.62. The molecule has 0 aliphatic carbocycles. The summed E-state index contributed by atoms with van der Waals surface area (Å²) in [6.45, 7) is -1.30. The molecule has 3 aliphatic rings. The zero-order valence-corrected chi connectivity index (χ0v) is 15.3. The van der Waals surface area contributed by atoms with Crippen molar-refractivity contribution in [2.75, 3.05) is 24.6 Å². The van der Waals surface area contributed by atoms with E-state index < -0.39 is 55.9 Å². The molecule has 2 aromatic rings. The van der Waals surface area contributed by atoms with Gasteiger partial charge in [0.25, 0.3) is 17.8 Å². The lowest BCUT2D eigenvalue weighted by Crippen LogP contribution is -2.51. The summed E-state index contributed by atoms with van der Waals surface area (Å²) >= 11 is 1.12. The Labute approximate surface area is 160 Å². The maximum absolute atomic E-state index is 14.5. The molecule has 0 radical (unpaired) electrons. The minimum Gasteiger partial charge on any atom is -0.370 e. The molecule has 1 amide bonds. The molecule has 2 aromatic heterocycles. The number of nitrogens with one attached hydrogen (secondary N) is 2. The Morgan fingerprint density at radius 2 is 2.07 bits per heavy atom. The molecule has 6 nitrogen and oxygen atoms in total. The molecule has 1 saturated heterocycles. The van der Waals surface area contributed by atoms with Gasteiger partial charge < -0.3 is 15.0 Å². The molecule has 0 aromatic carbocycles. The number of alkyl halides is 4. The first-order valence-electron chi connectivity index (χ1n) is 8.80. The second-order valence-corrected chi connectivity index (χ2v) is 8.50. The van der Waals surface area contributed by atoms with Crippen LogP contribution in [0, 0.1) is 0 Å². The Kier molecular flexibility index (Phi) is 3.80. The molecule has 5 heterocycles. The van der Waals surface area contributed by atoms with Crippen molar-refractivity contribution in [3.05, 3.63) is 22.8 Å². The van der Waals surface area contributed by atoms with Crippen LogP contribution >= 0.6 is 11.3 Å². The fourth-order valence-electron chi connectivity index (χ4n) is 4.17. The number of ether oxygens (including phenoxy) is 1. The fraction of sp³-hybridized carbons (Fsp3) is 0.529. The van der Waals surface area contributed by atoms with E-state index in [1.807, 2.05) is 0 Å². The second-order valence-electron chi connectivity index (χ2n) is 7.48. The van der Waals surface area contributed by atoms with E-state index >= 15 is 0 Å². The molecule has 0 spiro atoms. The molecule has 5 rings (SSSR count). The molecule has 3 aliphatic heterocycles. The topological polar surface area (TPSA) is 70.2 Å². The highest BCUT2D eigenvalue weighted by Crippen LogP contribution is 2.48. The predicted octanol–water partition coefficient (Wildman–Crippen LogP) is 2.67. The number of aromatic nitrogens is 2. The largest absolute Gasteiger partial charge is 0.370 e. The van der Waals surface area contributed by atoms with Crippen molar-refractivity contribution >= 4 is 22.9 Å². The molecular weight excluding hydrogens is 400 g/mol.